The number of aryl methyl sites for hydroxylation is 1. The highest BCUT2D eigenvalue weighted by molar-refractivity contribution is 6.11. The predicted molar refractivity (Wildman–Crippen MR) is 101 cm³/mol. The van der Waals surface area contributed by atoms with E-state index in [0.29, 0.717) is 17.9 Å². The molecule has 2 aromatic rings. The molecule has 1 aromatic carbocycles. The zero-order valence-electron chi connectivity index (χ0n) is 16.3. The minimum atomic E-state index is -0.791. The summed E-state index contributed by atoms with van der Waals surface area (Å²) in [6.07, 6.45) is 0. The van der Waals surface area contributed by atoms with E-state index in [0.717, 1.165) is 0 Å². The van der Waals surface area contributed by atoms with E-state index in [1.807, 2.05) is 6.92 Å². The van der Waals surface area contributed by atoms with Gasteiger partial charge in [0, 0.05) is 5.56 Å². The van der Waals surface area contributed by atoms with Gasteiger partial charge in [0.1, 0.15) is 22.6 Å². The molecule has 150 valence electrons. The summed E-state index contributed by atoms with van der Waals surface area (Å²) in [5.74, 6) is -1.56. The number of nitrogens with one attached hydrogen (secondary N) is 1. The number of amides is 1. The molecule has 1 amide bonds. The highest BCUT2D eigenvalue weighted by Gasteiger charge is 2.31. The number of furan rings is 1. The van der Waals surface area contributed by atoms with Gasteiger partial charge < -0.3 is 18.6 Å². The second-order valence-corrected chi connectivity index (χ2v) is 5.59. The molecule has 28 heavy (non-hydrogen) atoms. The van der Waals surface area contributed by atoms with E-state index in [4.69, 9.17) is 18.6 Å². The number of carbonyl (C=O) groups is 3. The fourth-order valence-corrected chi connectivity index (χ4v) is 2.55. The van der Waals surface area contributed by atoms with Crippen molar-refractivity contribution in [2.24, 2.45) is 0 Å². The number of esters is 2. The molecule has 0 saturated carbocycles. The maximum atomic E-state index is 12.6. The van der Waals surface area contributed by atoms with Crippen LogP contribution in [0.3, 0.4) is 0 Å². The topological polar surface area (TPSA) is 104 Å². The van der Waals surface area contributed by atoms with Gasteiger partial charge in [0.25, 0.3) is 5.91 Å². The molecule has 1 heterocycles. The number of hydrogen-bond acceptors (Lipinski definition) is 7. The third-order valence-corrected chi connectivity index (χ3v) is 3.68. The molecule has 0 aliphatic rings. The van der Waals surface area contributed by atoms with E-state index >= 15 is 0 Å². The van der Waals surface area contributed by atoms with E-state index in [1.165, 1.54) is 6.92 Å². The van der Waals surface area contributed by atoms with Crippen LogP contribution in [0.5, 0.6) is 5.75 Å². The van der Waals surface area contributed by atoms with Crippen molar-refractivity contribution in [1.82, 2.24) is 0 Å². The van der Waals surface area contributed by atoms with Crippen molar-refractivity contribution in [2.45, 2.75) is 27.7 Å². The molecule has 2 rings (SSSR count). The third-order valence-electron chi connectivity index (χ3n) is 3.68. The van der Waals surface area contributed by atoms with Crippen LogP contribution < -0.4 is 10.1 Å². The van der Waals surface area contributed by atoms with Crippen molar-refractivity contribution in [1.29, 1.82) is 0 Å². The first-order valence-electron chi connectivity index (χ1n) is 8.94. The van der Waals surface area contributed by atoms with Gasteiger partial charge in [-0.25, -0.2) is 9.59 Å². The van der Waals surface area contributed by atoms with Gasteiger partial charge in [-0.05, 0) is 45.9 Å². The van der Waals surface area contributed by atoms with Crippen molar-refractivity contribution in [3.63, 3.8) is 0 Å². The first-order chi connectivity index (χ1) is 13.4. The van der Waals surface area contributed by atoms with Crippen LogP contribution in [-0.4, -0.2) is 37.7 Å². The molecule has 0 saturated heterocycles. The van der Waals surface area contributed by atoms with Gasteiger partial charge in [-0.3, -0.25) is 10.1 Å². The van der Waals surface area contributed by atoms with Gasteiger partial charge in [-0.2, -0.15) is 0 Å². The van der Waals surface area contributed by atoms with E-state index in [-0.39, 0.29) is 36.0 Å². The molecular weight excluding hydrogens is 366 g/mol. The SMILES string of the molecule is CCOC(=O)c1c(C)oc(NC(=O)c2cccc(OCC)c2)c1C(=O)OCC. The fourth-order valence-electron chi connectivity index (χ4n) is 2.55. The maximum Gasteiger partial charge on any atom is 0.344 e. The van der Waals surface area contributed by atoms with Crippen LogP contribution in [0.25, 0.3) is 0 Å². The molecule has 8 nitrogen and oxygen atoms in total. The first-order valence-corrected chi connectivity index (χ1v) is 8.94. The Morgan fingerprint density at radius 2 is 1.61 bits per heavy atom. The summed E-state index contributed by atoms with van der Waals surface area (Å²) in [6.45, 7) is 7.28. The minimum absolute atomic E-state index is 0.0707. The van der Waals surface area contributed by atoms with Crippen molar-refractivity contribution >= 4 is 23.7 Å². The van der Waals surface area contributed by atoms with Crippen molar-refractivity contribution < 1.29 is 33.0 Å². The average Bonchev–Trinajstić information content (AvgIpc) is 2.98. The lowest BCUT2D eigenvalue weighted by Crippen LogP contribution is -2.17. The summed E-state index contributed by atoms with van der Waals surface area (Å²) >= 11 is 0. The molecule has 1 N–H and O–H groups in total. The minimum Gasteiger partial charge on any atom is -0.494 e. The number of hydrogen-bond donors (Lipinski definition) is 1. The van der Waals surface area contributed by atoms with Crippen LogP contribution in [0.15, 0.2) is 28.7 Å². The standard InChI is InChI=1S/C20H23NO7/c1-5-25-14-10-8-9-13(11-14)17(22)21-18-16(20(24)27-7-3)15(12(4)28-18)19(23)26-6-2/h8-11H,5-7H2,1-4H3,(H,21,22). The van der Waals surface area contributed by atoms with Crippen molar-refractivity contribution in [3.8, 4) is 5.75 Å². The largest absolute Gasteiger partial charge is 0.494 e. The molecule has 0 bridgehead atoms. The number of benzene rings is 1. The van der Waals surface area contributed by atoms with E-state index in [2.05, 4.69) is 5.32 Å². The zero-order valence-corrected chi connectivity index (χ0v) is 16.3. The molecule has 0 unspecified atom stereocenters. The Morgan fingerprint density at radius 3 is 2.21 bits per heavy atom. The lowest BCUT2D eigenvalue weighted by Gasteiger charge is -2.08. The second kappa shape index (κ2) is 9.59. The highest BCUT2D eigenvalue weighted by Crippen LogP contribution is 2.29. The van der Waals surface area contributed by atoms with Crippen LogP contribution in [0.1, 0.15) is 57.6 Å². The van der Waals surface area contributed by atoms with Gasteiger partial charge in [-0.15, -0.1) is 0 Å². The number of anilines is 1. The second-order valence-electron chi connectivity index (χ2n) is 5.59. The van der Waals surface area contributed by atoms with Crippen LogP contribution in [0.4, 0.5) is 5.88 Å². The molecule has 8 heteroatoms. The Labute approximate surface area is 162 Å². The number of carbonyl (C=O) groups excluding carboxylic acids is 3. The first kappa shape index (κ1) is 21.0. The summed E-state index contributed by atoms with van der Waals surface area (Å²) in [5, 5.41) is 2.52. The maximum absolute atomic E-state index is 12.6. The summed E-state index contributed by atoms with van der Waals surface area (Å²) in [4.78, 5) is 37.3. The van der Waals surface area contributed by atoms with Crippen LogP contribution in [0.2, 0.25) is 0 Å². The molecule has 0 radical (unpaired) electrons. The molecule has 0 spiro atoms. The monoisotopic (exact) mass is 389 g/mol. The molecule has 0 fully saturated rings. The Balaban J connectivity index is 2.40. The quantitative estimate of drug-likeness (QED) is 0.688. The Morgan fingerprint density at radius 1 is 0.964 bits per heavy atom. The van der Waals surface area contributed by atoms with Gasteiger partial charge >= 0.3 is 11.9 Å². The molecule has 1 aromatic heterocycles. The molecule has 0 aliphatic carbocycles. The normalized spacial score (nSPS) is 10.3. The smallest absolute Gasteiger partial charge is 0.344 e. The fraction of sp³-hybridized carbons (Fsp3) is 0.350. The van der Waals surface area contributed by atoms with Crippen molar-refractivity contribution in [2.75, 3.05) is 25.1 Å². The lowest BCUT2D eigenvalue weighted by atomic mass is 10.1. The Hall–Kier alpha value is -3.29. The van der Waals surface area contributed by atoms with E-state index in [9.17, 15) is 14.4 Å². The summed E-state index contributed by atoms with van der Waals surface area (Å²) in [7, 11) is 0. The van der Waals surface area contributed by atoms with Gasteiger partial charge in [-0.1, -0.05) is 6.07 Å². The summed E-state index contributed by atoms with van der Waals surface area (Å²) < 4.78 is 20.9. The zero-order chi connectivity index (χ0) is 20.7. The highest BCUT2D eigenvalue weighted by atomic mass is 16.5. The predicted octanol–water partition coefficient (Wildman–Crippen LogP) is 3.59. The van der Waals surface area contributed by atoms with Crippen LogP contribution in [-0.2, 0) is 9.47 Å². The van der Waals surface area contributed by atoms with Crippen molar-refractivity contribution in [3.05, 3.63) is 46.7 Å². The van der Waals surface area contributed by atoms with E-state index in [1.54, 1.807) is 38.1 Å². The van der Waals surface area contributed by atoms with Crippen LogP contribution in [0, 0.1) is 6.92 Å². The summed E-state index contributed by atoms with van der Waals surface area (Å²) in [5.41, 5.74) is 0.0540. The van der Waals surface area contributed by atoms with Gasteiger partial charge in [0.05, 0.1) is 19.8 Å². The molecule has 0 aliphatic heterocycles. The molecular formula is C20H23NO7. The van der Waals surface area contributed by atoms with Crippen LogP contribution >= 0.6 is 0 Å². The lowest BCUT2D eigenvalue weighted by molar-refractivity contribution is 0.0480. The van der Waals surface area contributed by atoms with Gasteiger partial charge in [0.2, 0.25) is 5.88 Å². The average molecular weight is 389 g/mol. The Kier molecular flexibility index (Phi) is 7.20. The van der Waals surface area contributed by atoms with E-state index < -0.39 is 17.8 Å². The summed E-state index contributed by atoms with van der Waals surface area (Å²) in [6, 6.07) is 6.54. The molecule has 0 atom stereocenters. The third kappa shape index (κ3) is 4.70. The number of ether oxygens (including phenoxy) is 3. The van der Waals surface area contributed by atoms with Gasteiger partial charge in [0.15, 0.2) is 0 Å². The number of rotatable bonds is 8. The Bertz CT molecular complexity index is 869.